The zero-order chi connectivity index (χ0) is 11.8. The number of hydrogen-bond acceptors (Lipinski definition) is 2. The van der Waals surface area contributed by atoms with Crippen LogP contribution in [0.5, 0.6) is 0 Å². The molecular formula is C13H16ClN3. The van der Waals surface area contributed by atoms with Crippen molar-refractivity contribution in [1.82, 2.24) is 14.5 Å². The lowest BCUT2D eigenvalue weighted by molar-refractivity contribution is 0.477. The first-order valence-electron chi connectivity index (χ1n) is 6.16. The summed E-state index contributed by atoms with van der Waals surface area (Å²) in [6, 6.07) is 2.51. The second-order valence-electron chi connectivity index (χ2n) is 4.92. The molecule has 2 aromatic heterocycles. The van der Waals surface area contributed by atoms with Crippen molar-refractivity contribution in [2.45, 2.75) is 38.1 Å². The van der Waals surface area contributed by atoms with Crippen LogP contribution in [0, 0.1) is 5.92 Å². The Morgan fingerprint density at radius 1 is 1.53 bits per heavy atom. The van der Waals surface area contributed by atoms with Gasteiger partial charge in [0, 0.05) is 12.2 Å². The fraction of sp³-hybridized carbons (Fsp3) is 0.538. The monoisotopic (exact) mass is 249 g/mol. The van der Waals surface area contributed by atoms with Crippen LogP contribution in [0.25, 0.3) is 11.0 Å². The van der Waals surface area contributed by atoms with Crippen molar-refractivity contribution in [3.63, 3.8) is 0 Å². The Morgan fingerprint density at radius 2 is 2.35 bits per heavy atom. The molecule has 2 aromatic rings. The number of fused-ring (bicyclic) bond motifs is 1. The minimum atomic E-state index is 0.462. The van der Waals surface area contributed by atoms with Crippen LogP contribution in [-0.2, 0) is 5.88 Å². The maximum absolute atomic E-state index is 6.00. The first-order valence-corrected chi connectivity index (χ1v) is 6.70. The molecule has 2 heterocycles. The molecule has 0 aromatic carbocycles. The van der Waals surface area contributed by atoms with Crippen LogP contribution in [0.4, 0.5) is 0 Å². The van der Waals surface area contributed by atoms with Crippen molar-refractivity contribution in [2.24, 2.45) is 5.92 Å². The van der Waals surface area contributed by atoms with Crippen molar-refractivity contribution >= 4 is 22.6 Å². The Bertz CT molecular complexity index is 530. The third-order valence-corrected chi connectivity index (χ3v) is 3.74. The number of pyridine rings is 1. The van der Waals surface area contributed by atoms with E-state index in [2.05, 4.69) is 21.5 Å². The maximum Gasteiger partial charge on any atom is 0.125 e. The normalized spacial score (nSPS) is 17.5. The zero-order valence-corrected chi connectivity index (χ0v) is 10.7. The molecule has 17 heavy (non-hydrogen) atoms. The van der Waals surface area contributed by atoms with Crippen LogP contribution >= 0.6 is 11.6 Å². The second-order valence-corrected chi connectivity index (χ2v) is 5.19. The number of nitrogens with zero attached hydrogens (tertiary/aromatic N) is 3. The highest BCUT2D eigenvalue weighted by Crippen LogP contribution is 2.38. The molecule has 1 saturated carbocycles. The zero-order valence-electron chi connectivity index (χ0n) is 9.93. The molecule has 1 fully saturated rings. The second kappa shape index (κ2) is 4.30. The molecule has 90 valence electrons. The topological polar surface area (TPSA) is 30.7 Å². The van der Waals surface area contributed by atoms with Gasteiger partial charge in [0.2, 0.25) is 0 Å². The number of hydrogen-bond donors (Lipinski definition) is 0. The number of alkyl halides is 1. The fourth-order valence-corrected chi connectivity index (χ4v) is 2.72. The quantitative estimate of drug-likeness (QED) is 0.776. The summed E-state index contributed by atoms with van der Waals surface area (Å²) < 4.78 is 2.28. The van der Waals surface area contributed by atoms with Crippen molar-refractivity contribution in [3.8, 4) is 0 Å². The first-order chi connectivity index (χ1) is 8.29. The summed E-state index contributed by atoms with van der Waals surface area (Å²) in [7, 11) is 0. The summed E-state index contributed by atoms with van der Waals surface area (Å²) in [6.07, 6.45) is 7.63. The van der Waals surface area contributed by atoms with E-state index < -0.39 is 0 Å². The summed E-state index contributed by atoms with van der Waals surface area (Å²) in [5.41, 5.74) is 2.11. The molecule has 0 radical (unpaired) electrons. The van der Waals surface area contributed by atoms with Gasteiger partial charge in [-0.1, -0.05) is 12.8 Å². The van der Waals surface area contributed by atoms with E-state index in [1.807, 2.05) is 18.5 Å². The van der Waals surface area contributed by atoms with Crippen molar-refractivity contribution in [3.05, 3.63) is 24.3 Å². The Balaban J connectivity index is 2.04. The standard InChI is InChI=1S/C13H16ClN3/c1-9(6-10-2-3-10)17-12-4-5-15-8-11(12)16-13(17)7-14/h4-5,8-10H,2-3,6-7H2,1H3. The van der Waals surface area contributed by atoms with Crippen LogP contribution in [-0.4, -0.2) is 14.5 Å². The predicted octanol–water partition coefficient (Wildman–Crippen LogP) is 3.53. The average Bonchev–Trinajstić information content (AvgIpc) is 3.06. The van der Waals surface area contributed by atoms with Gasteiger partial charge in [0.05, 0.1) is 17.6 Å². The third kappa shape index (κ3) is 2.04. The van der Waals surface area contributed by atoms with Gasteiger partial charge in [0.15, 0.2) is 0 Å². The van der Waals surface area contributed by atoms with Gasteiger partial charge >= 0.3 is 0 Å². The Hall–Kier alpha value is -1.09. The van der Waals surface area contributed by atoms with Gasteiger partial charge in [-0.15, -0.1) is 11.6 Å². The van der Waals surface area contributed by atoms with Gasteiger partial charge in [0.25, 0.3) is 0 Å². The van der Waals surface area contributed by atoms with Crippen molar-refractivity contribution in [1.29, 1.82) is 0 Å². The summed E-state index contributed by atoms with van der Waals surface area (Å²) in [5, 5.41) is 0. The van der Waals surface area contributed by atoms with E-state index in [4.69, 9.17) is 11.6 Å². The molecule has 1 aliphatic carbocycles. The first kappa shape index (κ1) is 11.0. The van der Waals surface area contributed by atoms with Gasteiger partial charge < -0.3 is 4.57 Å². The molecule has 0 bridgehead atoms. The number of halogens is 1. The van der Waals surface area contributed by atoms with Gasteiger partial charge in [-0.2, -0.15) is 0 Å². The highest BCUT2D eigenvalue weighted by atomic mass is 35.5. The highest BCUT2D eigenvalue weighted by molar-refractivity contribution is 6.16. The lowest BCUT2D eigenvalue weighted by Crippen LogP contribution is -2.09. The minimum Gasteiger partial charge on any atom is -0.324 e. The molecule has 3 nitrogen and oxygen atoms in total. The predicted molar refractivity (Wildman–Crippen MR) is 69.1 cm³/mol. The van der Waals surface area contributed by atoms with E-state index in [1.165, 1.54) is 19.3 Å². The summed E-state index contributed by atoms with van der Waals surface area (Å²) in [6.45, 7) is 2.26. The fourth-order valence-electron chi connectivity index (χ4n) is 2.53. The van der Waals surface area contributed by atoms with Gasteiger partial charge in [-0.05, 0) is 25.3 Å². The Labute approximate surface area is 106 Å². The third-order valence-electron chi connectivity index (χ3n) is 3.50. The van der Waals surface area contributed by atoms with E-state index in [9.17, 15) is 0 Å². The SMILES string of the molecule is CC(CC1CC1)n1c(CCl)nc2cnccc21. The van der Waals surface area contributed by atoms with E-state index in [1.54, 1.807) is 0 Å². The largest absolute Gasteiger partial charge is 0.324 e. The number of imidazole rings is 1. The maximum atomic E-state index is 6.00. The summed E-state index contributed by atoms with van der Waals surface area (Å²) in [5.74, 6) is 2.33. The van der Waals surface area contributed by atoms with Crippen LogP contribution in [0.1, 0.15) is 38.1 Å². The molecule has 1 aliphatic rings. The smallest absolute Gasteiger partial charge is 0.125 e. The average molecular weight is 250 g/mol. The molecule has 0 aliphatic heterocycles. The lowest BCUT2D eigenvalue weighted by Gasteiger charge is -2.16. The van der Waals surface area contributed by atoms with Gasteiger partial charge in [-0.3, -0.25) is 4.98 Å². The van der Waals surface area contributed by atoms with E-state index in [-0.39, 0.29) is 0 Å². The van der Waals surface area contributed by atoms with Gasteiger partial charge in [0.1, 0.15) is 11.3 Å². The molecule has 0 N–H and O–H groups in total. The van der Waals surface area contributed by atoms with Gasteiger partial charge in [-0.25, -0.2) is 4.98 Å². The Kier molecular flexibility index (Phi) is 2.79. The molecule has 0 spiro atoms. The van der Waals surface area contributed by atoms with E-state index in [0.29, 0.717) is 11.9 Å². The summed E-state index contributed by atoms with van der Waals surface area (Å²) in [4.78, 5) is 8.66. The van der Waals surface area contributed by atoms with E-state index in [0.717, 1.165) is 22.8 Å². The van der Waals surface area contributed by atoms with Crippen molar-refractivity contribution < 1.29 is 0 Å². The molecule has 4 heteroatoms. The van der Waals surface area contributed by atoms with Crippen molar-refractivity contribution in [2.75, 3.05) is 0 Å². The summed E-state index contributed by atoms with van der Waals surface area (Å²) >= 11 is 6.00. The Morgan fingerprint density at radius 3 is 3.06 bits per heavy atom. The minimum absolute atomic E-state index is 0.462. The highest BCUT2D eigenvalue weighted by Gasteiger charge is 2.26. The lowest BCUT2D eigenvalue weighted by atomic mass is 10.1. The van der Waals surface area contributed by atoms with Crippen LogP contribution in [0.2, 0.25) is 0 Å². The van der Waals surface area contributed by atoms with E-state index >= 15 is 0 Å². The van der Waals surface area contributed by atoms with Crippen LogP contribution in [0.3, 0.4) is 0 Å². The number of rotatable bonds is 4. The number of aromatic nitrogens is 3. The van der Waals surface area contributed by atoms with Crippen LogP contribution < -0.4 is 0 Å². The molecule has 0 amide bonds. The molecule has 3 rings (SSSR count). The molecule has 1 unspecified atom stereocenters. The molecule has 0 saturated heterocycles. The molecular weight excluding hydrogens is 234 g/mol. The molecule has 1 atom stereocenters. The van der Waals surface area contributed by atoms with Crippen LogP contribution in [0.15, 0.2) is 18.5 Å².